The molecule has 6 nitrogen and oxygen atoms in total. The maximum absolute atomic E-state index is 10.8. The normalized spacial score (nSPS) is 14.7. The van der Waals surface area contributed by atoms with Crippen LogP contribution in [0, 0.1) is 0 Å². The lowest BCUT2D eigenvalue weighted by Gasteiger charge is -2.28. The highest BCUT2D eigenvalue weighted by Gasteiger charge is 2.24. The van der Waals surface area contributed by atoms with Gasteiger partial charge in [0.15, 0.2) is 5.96 Å². The van der Waals surface area contributed by atoms with Gasteiger partial charge in [-0.1, -0.05) is 26.7 Å². The molecule has 2 heterocycles. The Kier molecular flexibility index (Phi) is 11.8. The van der Waals surface area contributed by atoms with Crippen molar-refractivity contribution in [1.82, 2.24) is 15.6 Å². The molecule has 28 heavy (non-hydrogen) atoms. The van der Waals surface area contributed by atoms with Crippen molar-refractivity contribution in [2.45, 2.75) is 71.4 Å². The highest BCUT2D eigenvalue weighted by atomic mass is 127. The summed E-state index contributed by atoms with van der Waals surface area (Å²) in [5.74, 6) is 1.81. The first kappa shape index (κ1) is 24.9. The van der Waals surface area contributed by atoms with E-state index in [2.05, 4.69) is 47.4 Å². The molecule has 7 heteroatoms. The first-order valence-corrected chi connectivity index (χ1v) is 10.5. The monoisotopic (exact) mass is 503 g/mol. The van der Waals surface area contributed by atoms with Crippen molar-refractivity contribution in [2.75, 3.05) is 31.1 Å². The molecule has 0 spiro atoms. The quantitative estimate of drug-likeness (QED) is 0.258. The fourth-order valence-electron chi connectivity index (χ4n) is 3.67. The molecule has 1 fully saturated rings. The number of nitrogens with one attached hydrogen (secondary N) is 2. The van der Waals surface area contributed by atoms with Gasteiger partial charge in [0.25, 0.3) is 0 Å². The van der Waals surface area contributed by atoms with E-state index in [1.807, 2.05) is 12.3 Å². The van der Waals surface area contributed by atoms with Crippen molar-refractivity contribution in [3.8, 4) is 0 Å². The molecule has 160 valence electrons. The fraction of sp³-hybridized carbons (Fsp3) is 0.714. The minimum atomic E-state index is -0.667. The topological polar surface area (TPSA) is 72.8 Å². The van der Waals surface area contributed by atoms with Crippen LogP contribution in [0.1, 0.15) is 64.9 Å². The maximum Gasteiger partial charge on any atom is 0.191 e. The molecule has 0 amide bonds. The smallest absolute Gasteiger partial charge is 0.191 e. The summed E-state index contributed by atoms with van der Waals surface area (Å²) in [6, 6.07) is 4.17. The van der Waals surface area contributed by atoms with Crippen LogP contribution in [0.3, 0.4) is 0 Å². The lowest BCUT2D eigenvalue weighted by molar-refractivity contribution is 0.0257. The van der Waals surface area contributed by atoms with Crippen molar-refractivity contribution in [1.29, 1.82) is 0 Å². The molecule has 1 saturated heterocycles. The van der Waals surface area contributed by atoms with Crippen molar-refractivity contribution in [2.24, 2.45) is 4.99 Å². The molecule has 1 aliphatic rings. The predicted molar refractivity (Wildman–Crippen MR) is 129 cm³/mol. The van der Waals surface area contributed by atoms with Gasteiger partial charge in [-0.05, 0) is 50.3 Å². The maximum atomic E-state index is 10.8. The number of pyridine rings is 1. The molecule has 0 atom stereocenters. The van der Waals surface area contributed by atoms with Crippen LogP contribution in [-0.4, -0.2) is 47.8 Å². The van der Waals surface area contributed by atoms with Crippen LogP contribution in [0.4, 0.5) is 5.82 Å². The molecule has 0 radical (unpaired) electrons. The van der Waals surface area contributed by atoms with E-state index in [1.165, 1.54) is 12.8 Å². The van der Waals surface area contributed by atoms with E-state index in [1.54, 1.807) is 0 Å². The summed E-state index contributed by atoms with van der Waals surface area (Å²) in [5.41, 5.74) is 0.487. The lowest BCUT2D eigenvalue weighted by Crippen LogP contribution is -2.47. The van der Waals surface area contributed by atoms with E-state index in [0.29, 0.717) is 13.1 Å². The first-order chi connectivity index (χ1) is 13.1. The van der Waals surface area contributed by atoms with Gasteiger partial charge in [-0.2, -0.15) is 0 Å². The van der Waals surface area contributed by atoms with E-state index in [-0.39, 0.29) is 24.0 Å². The van der Waals surface area contributed by atoms with Crippen LogP contribution in [0.15, 0.2) is 23.3 Å². The Hall–Kier alpha value is -1.09. The molecule has 2 rings (SSSR count). The minimum absolute atomic E-state index is 0. The Labute approximate surface area is 187 Å². The van der Waals surface area contributed by atoms with Gasteiger partial charge in [0, 0.05) is 32.4 Å². The van der Waals surface area contributed by atoms with Gasteiger partial charge in [-0.3, -0.25) is 0 Å². The largest absolute Gasteiger partial charge is 0.388 e. The van der Waals surface area contributed by atoms with Crippen molar-refractivity contribution in [3.05, 3.63) is 23.9 Å². The number of hydrogen-bond acceptors (Lipinski definition) is 4. The molecular formula is C21H38IN5O. The van der Waals surface area contributed by atoms with Crippen molar-refractivity contribution >= 4 is 35.8 Å². The second-order valence-electron chi connectivity index (χ2n) is 7.49. The SMILES string of the molecule is CCCC(O)(CCC)CNC(=NCc1ccnc(N2CCCC2)c1)NCC.I. The predicted octanol–water partition coefficient (Wildman–Crippen LogP) is 3.69. The molecule has 1 aromatic rings. The van der Waals surface area contributed by atoms with Gasteiger partial charge in [0.1, 0.15) is 5.82 Å². The van der Waals surface area contributed by atoms with E-state index >= 15 is 0 Å². The van der Waals surface area contributed by atoms with Gasteiger partial charge in [0.2, 0.25) is 0 Å². The van der Waals surface area contributed by atoms with Gasteiger partial charge < -0.3 is 20.6 Å². The molecule has 0 unspecified atom stereocenters. The number of guanidine groups is 1. The van der Waals surface area contributed by atoms with Crippen LogP contribution < -0.4 is 15.5 Å². The molecule has 3 N–H and O–H groups in total. The fourth-order valence-corrected chi connectivity index (χ4v) is 3.67. The Morgan fingerprint density at radius 3 is 2.46 bits per heavy atom. The molecule has 1 aromatic heterocycles. The van der Waals surface area contributed by atoms with E-state index < -0.39 is 5.60 Å². The first-order valence-electron chi connectivity index (χ1n) is 10.5. The summed E-state index contributed by atoms with van der Waals surface area (Å²) in [7, 11) is 0. The van der Waals surface area contributed by atoms with Gasteiger partial charge in [-0.25, -0.2) is 9.98 Å². The van der Waals surface area contributed by atoms with Gasteiger partial charge in [-0.15, -0.1) is 24.0 Å². The molecule has 0 saturated carbocycles. The van der Waals surface area contributed by atoms with Crippen molar-refractivity contribution < 1.29 is 5.11 Å². The average Bonchev–Trinajstić information content (AvgIpc) is 3.19. The number of halogens is 1. The van der Waals surface area contributed by atoms with Gasteiger partial charge >= 0.3 is 0 Å². The zero-order chi connectivity index (χ0) is 19.5. The Balaban J connectivity index is 0.00000392. The second kappa shape index (κ2) is 13.2. The zero-order valence-corrected chi connectivity index (χ0v) is 20.0. The van der Waals surface area contributed by atoms with Crippen LogP contribution in [0.5, 0.6) is 0 Å². The molecule has 1 aliphatic heterocycles. The lowest BCUT2D eigenvalue weighted by atomic mass is 9.93. The van der Waals surface area contributed by atoms with E-state index in [9.17, 15) is 5.11 Å². The second-order valence-corrected chi connectivity index (χ2v) is 7.49. The third-order valence-electron chi connectivity index (χ3n) is 5.02. The average molecular weight is 503 g/mol. The number of nitrogens with zero attached hydrogens (tertiary/aromatic N) is 3. The summed E-state index contributed by atoms with van der Waals surface area (Å²) >= 11 is 0. The molecule has 0 aromatic carbocycles. The summed E-state index contributed by atoms with van der Waals surface area (Å²) in [6.07, 6.45) is 7.92. The molecule has 0 aliphatic carbocycles. The number of aromatic nitrogens is 1. The summed E-state index contributed by atoms with van der Waals surface area (Å²) in [6.45, 7) is 10.4. The minimum Gasteiger partial charge on any atom is -0.388 e. The third-order valence-corrected chi connectivity index (χ3v) is 5.02. The van der Waals surface area contributed by atoms with E-state index in [0.717, 1.165) is 62.7 Å². The summed E-state index contributed by atoms with van der Waals surface area (Å²) < 4.78 is 0. The Morgan fingerprint density at radius 2 is 1.86 bits per heavy atom. The number of aliphatic hydroxyl groups is 1. The Bertz CT molecular complexity index is 584. The van der Waals surface area contributed by atoms with Crippen LogP contribution in [0.25, 0.3) is 0 Å². The molecule has 0 bridgehead atoms. The van der Waals surface area contributed by atoms with Crippen LogP contribution in [0.2, 0.25) is 0 Å². The number of hydrogen-bond donors (Lipinski definition) is 3. The highest BCUT2D eigenvalue weighted by molar-refractivity contribution is 14.0. The highest BCUT2D eigenvalue weighted by Crippen LogP contribution is 2.19. The zero-order valence-electron chi connectivity index (χ0n) is 17.7. The number of rotatable bonds is 10. The molecular weight excluding hydrogens is 465 g/mol. The summed E-state index contributed by atoms with van der Waals surface area (Å²) in [4.78, 5) is 11.6. The Morgan fingerprint density at radius 1 is 1.18 bits per heavy atom. The van der Waals surface area contributed by atoms with Crippen LogP contribution in [-0.2, 0) is 6.54 Å². The van der Waals surface area contributed by atoms with E-state index in [4.69, 9.17) is 4.99 Å². The summed E-state index contributed by atoms with van der Waals surface area (Å²) in [5, 5.41) is 17.4. The van der Waals surface area contributed by atoms with Crippen molar-refractivity contribution in [3.63, 3.8) is 0 Å². The van der Waals surface area contributed by atoms with Crippen LogP contribution >= 0.6 is 24.0 Å². The standard InChI is InChI=1S/C21H37N5O.HI/c1-4-10-21(27,11-5-2)17-25-20(22-6-3)24-16-18-9-12-23-19(15-18)26-13-7-8-14-26;/h9,12,15,27H,4-8,10-11,13-14,16-17H2,1-3H3,(H2,22,24,25);1H. The third kappa shape index (κ3) is 8.11. The number of anilines is 1. The number of aliphatic imine (C=N–C) groups is 1. The van der Waals surface area contributed by atoms with Gasteiger partial charge in [0.05, 0.1) is 12.1 Å².